The summed E-state index contributed by atoms with van der Waals surface area (Å²) in [5.41, 5.74) is 7.90. The number of amides is 1. The summed E-state index contributed by atoms with van der Waals surface area (Å²) in [6.07, 6.45) is 1.74. The number of benzene rings is 1. The van der Waals surface area contributed by atoms with Gasteiger partial charge in [0.15, 0.2) is 0 Å². The largest absolute Gasteiger partial charge is 0.397 e. The van der Waals surface area contributed by atoms with Crippen LogP contribution in [0.1, 0.15) is 23.3 Å². The fourth-order valence-corrected chi connectivity index (χ4v) is 2.41. The number of carbonyl (C=O) groups is 1. The Balaban J connectivity index is 1.79. The van der Waals surface area contributed by atoms with Crippen LogP contribution in [0.5, 0.6) is 0 Å². The van der Waals surface area contributed by atoms with Crippen molar-refractivity contribution in [3.63, 3.8) is 0 Å². The second-order valence-corrected chi connectivity index (χ2v) is 4.85. The van der Waals surface area contributed by atoms with Crippen LogP contribution in [0, 0.1) is 0 Å². The summed E-state index contributed by atoms with van der Waals surface area (Å²) in [5.74, 6) is -0.0810. The van der Waals surface area contributed by atoms with Gasteiger partial charge < -0.3 is 20.8 Å². The van der Waals surface area contributed by atoms with Gasteiger partial charge in [-0.3, -0.25) is 4.79 Å². The Morgan fingerprint density at radius 1 is 1.37 bits per heavy atom. The maximum atomic E-state index is 12.2. The van der Waals surface area contributed by atoms with Crippen molar-refractivity contribution in [2.45, 2.75) is 18.9 Å². The number of para-hydroxylation sites is 1. The number of hydrogen-bond acceptors (Lipinski definition) is 3. The summed E-state index contributed by atoms with van der Waals surface area (Å²) in [7, 11) is 0. The molecule has 100 valence electrons. The van der Waals surface area contributed by atoms with Gasteiger partial charge in [-0.15, -0.1) is 0 Å². The van der Waals surface area contributed by atoms with Gasteiger partial charge in [-0.05, 0) is 25.0 Å². The van der Waals surface area contributed by atoms with Gasteiger partial charge in [0.1, 0.15) is 5.69 Å². The van der Waals surface area contributed by atoms with Crippen molar-refractivity contribution in [1.82, 2.24) is 10.3 Å². The molecule has 0 bridgehead atoms. The van der Waals surface area contributed by atoms with E-state index in [-0.39, 0.29) is 11.9 Å². The third-order valence-electron chi connectivity index (χ3n) is 3.49. The van der Waals surface area contributed by atoms with E-state index in [9.17, 15) is 4.79 Å². The standard InChI is InChI=1S/C14H17N3O2/c15-11-3-1-2-9-8-12(17-13(9)11)14(18)16-10-4-6-19-7-5-10/h1-3,8,10,17H,4-7,15H2,(H,16,18). The number of fused-ring (bicyclic) bond motifs is 1. The predicted molar refractivity (Wildman–Crippen MR) is 74.0 cm³/mol. The summed E-state index contributed by atoms with van der Waals surface area (Å²) >= 11 is 0. The molecule has 0 radical (unpaired) electrons. The summed E-state index contributed by atoms with van der Waals surface area (Å²) in [5, 5.41) is 3.98. The first kappa shape index (κ1) is 12.0. The lowest BCUT2D eigenvalue weighted by Crippen LogP contribution is -2.39. The number of aromatic nitrogens is 1. The zero-order valence-corrected chi connectivity index (χ0v) is 10.6. The minimum atomic E-state index is -0.0810. The lowest BCUT2D eigenvalue weighted by atomic mass is 10.1. The van der Waals surface area contributed by atoms with Crippen molar-refractivity contribution in [3.05, 3.63) is 30.0 Å². The van der Waals surface area contributed by atoms with Gasteiger partial charge in [0, 0.05) is 24.6 Å². The highest BCUT2D eigenvalue weighted by atomic mass is 16.5. The van der Waals surface area contributed by atoms with Gasteiger partial charge in [-0.2, -0.15) is 0 Å². The van der Waals surface area contributed by atoms with E-state index in [2.05, 4.69) is 10.3 Å². The molecule has 5 nitrogen and oxygen atoms in total. The lowest BCUT2D eigenvalue weighted by molar-refractivity contribution is 0.0694. The Bertz CT molecular complexity index is 600. The molecule has 4 N–H and O–H groups in total. The van der Waals surface area contributed by atoms with Crippen molar-refractivity contribution in [3.8, 4) is 0 Å². The molecule has 0 atom stereocenters. The quantitative estimate of drug-likeness (QED) is 0.717. The van der Waals surface area contributed by atoms with E-state index in [1.54, 1.807) is 0 Å². The Labute approximate surface area is 111 Å². The van der Waals surface area contributed by atoms with Gasteiger partial charge in [-0.25, -0.2) is 0 Å². The molecule has 0 saturated carbocycles. The third kappa shape index (κ3) is 2.42. The number of rotatable bonds is 2. The number of nitrogens with one attached hydrogen (secondary N) is 2. The molecule has 5 heteroatoms. The zero-order valence-electron chi connectivity index (χ0n) is 10.6. The second kappa shape index (κ2) is 4.93. The number of H-pyrrole nitrogens is 1. The summed E-state index contributed by atoms with van der Waals surface area (Å²) in [6, 6.07) is 7.67. The molecular formula is C14H17N3O2. The number of aromatic amines is 1. The maximum absolute atomic E-state index is 12.2. The number of ether oxygens (including phenoxy) is 1. The average Bonchev–Trinajstić information content (AvgIpc) is 2.85. The number of hydrogen-bond donors (Lipinski definition) is 3. The van der Waals surface area contributed by atoms with E-state index in [0.717, 1.165) is 23.7 Å². The first-order valence-corrected chi connectivity index (χ1v) is 6.50. The van der Waals surface area contributed by atoms with Crippen LogP contribution < -0.4 is 11.1 Å². The van der Waals surface area contributed by atoms with Crippen LogP contribution in [0.3, 0.4) is 0 Å². The third-order valence-corrected chi connectivity index (χ3v) is 3.49. The van der Waals surface area contributed by atoms with Crippen LogP contribution in [-0.2, 0) is 4.74 Å². The van der Waals surface area contributed by atoms with Crippen molar-refractivity contribution in [2.75, 3.05) is 18.9 Å². The molecule has 1 aliphatic rings. The van der Waals surface area contributed by atoms with Crippen LogP contribution >= 0.6 is 0 Å². The molecule has 3 rings (SSSR count). The van der Waals surface area contributed by atoms with Crippen molar-refractivity contribution < 1.29 is 9.53 Å². The maximum Gasteiger partial charge on any atom is 0.267 e. The van der Waals surface area contributed by atoms with Crippen LogP contribution in [0.4, 0.5) is 5.69 Å². The summed E-state index contributed by atoms with van der Waals surface area (Å²) in [6.45, 7) is 1.43. The highest BCUT2D eigenvalue weighted by Gasteiger charge is 2.18. The first-order valence-electron chi connectivity index (χ1n) is 6.50. The number of nitrogen functional groups attached to an aromatic ring is 1. The molecule has 0 aliphatic carbocycles. The number of anilines is 1. The molecule has 19 heavy (non-hydrogen) atoms. The normalized spacial score (nSPS) is 16.6. The zero-order chi connectivity index (χ0) is 13.2. The molecule has 1 aromatic carbocycles. The Hall–Kier alpha value is -2.01. The Kier molecular flexibility index (Phi) is 3.13. The summed E-state index contributed by atoms with van der Waals surface area (Å²) < 4.78 is 5.28. The number of nitrogens with two attached hydrogens (primary N) is 1. The van der Waals surface area contributed by atoms with Gasteiger partial charge in [0.25, 0.3) is 5.91 Å². The van der Waals surface area contributed by atoms with Crippen molar-refractivity contribution in [1.29, 1.82) is 0 Å². The topological polar surface area (TPSA) is 80.1 Å². The molecule has 1 amide bonds. The fourth-order valence-electron chi connectivity index (χ4n) is 2.41. The van der Waals surface area contributed by atoms with Crippen molar-refractivity contribution in [2.24, 2.45) is 0 Å². The van der Waals surface area contributed by atoms with Crippen LogP contribution in [-0.4, -0.2) is 30.1 Å². The van der Waals surface area contributed by atoms with E-state index in [4.69, 9.17) is 10.5 Å². The van der Waals surface area contributed by atoms with E-state index < -0.39 is 0 Å². The molecule has 1 fully saturated rings. The molecule has 0 unspecified atom stereocenters. The molecule has 2 aromatic rings. The van der Waals surface area contributed by atoms with Crippen LogP contribution in [0.2, 0.25) is 0 Å². The fraction of sp³-hybridized carbons (Fsp3) is 0.357. The Morgan fingerprint density at radius 3 is 2.89 bits per heavy atom. The van der Waals surface area contributed by atoms with E-state index in [0.29, 0.717) is 24.6 Å². The number of carbonyl (C=O) groups excluding carboxylic acids is 1. The minimum absolute atomic E-state index is 0.0810. The van der Waals surface area contributed by atoms with Gasteiger partial charge in [-0.1, -0.05) is 12.1 Å². The van der Waals surface area contributed by atoms with Crippen molar-refractivity contribution >= 4 is 22.5 Å². The predicted octanol–water partition coefficient (Wildman–Crippen LogP) is 1.66. The lowest BCUT2D eigenvalue weighted by Gasteiger charge is -2.22. The van der Waals surface area contributed by atoms with E-state index in [1.165, 1.54) is 0 Å². The van der Waals surface area contributed by atoms with Gasteiger partial charge in [0.2, 0.25) is 0 Å². The molecule has 2 heterocycles. The highest BCUT2D eigenvalue weighted by molar-refractivity contribution is 6.00. The highest BCUT2D eigenvalue weighted by Crippen LogP contribution is 2.21. The monoisotopic (exact) mass is 259 g/mol. The van der Waals surface area contributed by atoms with Gasteiger partial charge >= 0.3 is 0 Å². The van der Waals surface area contributed by atoms with Crippen LogP contribution in [0.15, 0.2) is 24.3 Å². The molecule has 1 aromatic heterocycles. The first-order chi connectivity index (χ1) is 9.24. The van der Waals surface area contributed by atoms with E-state index >= 15 is 0 Å². The van der Waals surface area contributed by atoms with Crippen LogP contribution in [0.25, 0.3) is 10.9 Å². The minimum Gasteiger partial charge on any atom is -0.397 e. The molecule has 1 saturated heterocycles. The molecule has 1 aliphatic heterocycles. The smallest absolute Gasteiger partial charge is 0.267 e. The molecule has 0 spiro atoms. The van der Waals surface area contributed by atoms with E-state index in [1.807, 2.05) is 24.3 Å². The van der Waals surface area contributed by atoms with Gasteiger partial charge in [0.05, 0.1) is 11.2 Å². The Morgan fingerprint density at radius 2 is 2.16 bits per heavy atom. The SMILES string of the molecule is Nc1cccc2cc(C(=O)NC3CCOCC3)[nH]c12. The molecular weight excluding hydrogens is 242 g/mol. The average molecular weight is 259 g/mol. The summed E-state index contributed by atoms with van der Waals surface area (Å²) in [4.78, 5) is 15.3. The second-order valence-electron chi connectivity index (χ2n) is 4.85.